The first-order valence-electron chi connectivity index (χ1n) is 7.75. The van der Waals surface area contributed by atoms with Crippen LogP contribution in [0, 0.1) is 6.92 Å². The molecule has 2 rings (SSSR count). The van der Waals surface area contributed by atoms with Gasteiger partial charge in [0, 0.05) is 24.3 Å². The molecule has 3 nitrogen and oxygen atoms in total. The SMILES string of the molecule is Cc1cccc(NC(=O)CCNc2ccccc2C(C)C)c1. The third-order valence-electron chi connectivity index (χ3n) is 3.55. The molecule has 2 aromatic carbocycles. The molecule has 0 aromatic heterocycles. The van der Waals surface area contributed by atoms with Crippen LogP contribution in [0.5, 0.6) is 0 Å². The molecule has 0 spiro atoms. The number of rotatable bonds is 6. The Kier molecular flexibility index (Phi) is 5.59. The zero-order chi connectivity index (χ0) is 15.9. The number of carbonyl (C=O) groups is 1. The Morgan fingerprint density at radius 3 is 2.59 bits per heavy atom. The highest BCUT2D eigenvalue weighted by Crippen LogP contribution is 2.23. The summed E-state index contributed by atoms with van der Waals surface area (Å²) in [5.74, 6) is 0.491. The quantitative estimate of drug-likeness (QED) is 0.820. The Balaban J connectivity index is 1.85. The lowest BCUT2D eigenvalue weighted by Gasteiger charge is -2.14. The minimum absolute atomic E-state index is 0.0279. The minimum atomic E-state index is 0.0279. The molecule has 2 N–H and O–H groups in total. The number of amides is 1. The number of carbonyl (C=O) groups excluding carboxylic acids is 1. The van der Waals surface area contributed by atoms with E-state index in [9.17, 15) is 4.79 Å². The van der Waals surface area contributed by atoms with Crippen molar-refractivity contribution in [2.24, 2.45) is 0 Å². The van der Waals surface area contributed by atoms with Gasteiger partial charge in [0.2, 0.25) is 5.91 Å². The maximum Gasteiger partial charge on any atom is 0.226 e. The molecule has 0 radical (unpaired) electrons. The van der Waals surface area contributed by atoms with Gasteiger partial charge in [-0.2, -0.15) is 0 Å². The Morgan fingerprint density at radius 1 is 1.09 bits per heavy atom. The van der Waals surface area contributed by atoms with Gasteiger partial charge in [-0.1, -0.05) is 44.2 Å². The van der Waals surface area contributed by atoms with E-state index in [1.54, 1.807) is 0 Å². The minimum Gasteiger partial charge on any atom is -0.384 e. The molecule has 22 heavy (non-hydrogen) atoms. The highest BCUT2D eigenvalue weighted by molar-refractivity contribution is 5.91. The topological polar surface area (TPSA) is 41.1 Å². The Bertz CT molecular complexity index is 635. The van der Waals surface area contributed by atoms with Crippen LogP contribution in [0.15, 0.2) is 48.5 Å². The van der Waals surface area contributed by atoms with Crippen molar-refractivity contribution in [3.63, 3.8) is 0 Å². The van der Waals surface area contributed by atoms with Crippen molar-refractivity contribution >= 4 is 17.3 Å². The molecule has 3 heteroatoms. The monoisotopic (exact) mass is 296 g/mol. The normalized spacial score (nSPS) is 10.5. The molecule has 116 valence electrons. The zero-order valence-corrected chi connectivity index (χ0v) is 13.5. The predicted octanol–water partition coefficient (Wildman–Crippen LogP) is 4.56. The van der Waals surface area contributed by atoms with E-state index in [1.807, 2.05) is 43.3 Å². The molecule has 1 amide bonds. The van der Waals surface area contributed by atoms with Gasteiger partial charge in [0.1, 0.15) is 0 Å². The second-order valence-corrected chi connectivity index (χ2v) is 5.84. The fourth-order valence-electron chi connectivity index (χ4n) is 2.42. The van der Waals surface area contributed by atoms with Crippen molar-refractivity contribution in [2.75, 3.05) is 17.2 Å². The van der Waals surface area contributed by atoms with Gasteiger partial charge in [-0.25, -0.2) is 0 Å². The van der Waals surface area contributed by atoms with Gasteiger partial charge in [-0.15, -0.1) is 0 Å². The molecule has 0 atom stereocenters. The summed E-state index contributed by atoms with van der Waals surface area (Å²) in [4.78, 5) is 12.0. The lowest BCUT2D eigenvalue weighted by molar-refractivity contribution is -0.115. The molecule has 0 fully saturated rings. The largest absolute Gasteiger partial charge is 0.384 e. The van der Waals surface area contributed by atoms with Crippen LogP contribution in [0.1, 0.15) is 37.3 Å². The smallest absolute Gasteiger partial charge is 0.226 e. The second-order valence-electron chi connectivity index (χ2n) is 5.84. The van der Waals surface area contributed by atoms with E-state index in [4.69, 9.17) is 0 Å². The number of anilines is 2. The molecule has 0 heterocycles. The Hall–Kier alpha value is -2.29. The van der Waals surface area contributed by atoms with E-state index < -0.39 is 0 Å². The number of benzene rings is 2. The average Bonchev–Trinajstić information content (AvgIpc) is 2.47. The molecule has 2 aromatic rings. The van der Waals surface area contributed by atoms with Crippen molar-refractivity contribution in [3.8, 4) is 0 Å². The summed E-state index contributed by atoms with van der Waals surface area (Å²) in [6.07, 6.45) is 0.445. The van der Waals surface area contributed by atoms with Crippen LogP contribution in [0.25, 0.3) is 0 Å². The summed E-state index contributed by atoms with van der Waals surface area (Å²) in [5, 5.41) is 6.29. The van der Waals surface area contributed by atoms with Gasteiger partial charge in [-0.3, -0.25) is 4.79 Å². The fraction of sp³-hybridized carbons (Fsp3) is 0.316. The molecule has 0 saturated heterocycles. The van der Waals surface area contributed by atoms with Crippen LogP contribution in [-0.2, 0) is 4.79 Å². The summed E-state index contributed by atoms with van der Waals surface area (Å²) in [7, 11) is 0. The van der Waals surface area contributed by atoms with Gasteiger partial charge in [0.05, 0.1) is 0 Å². The highest BCUT2D eigenvalue weighted by Gasteiger charge is 2.06. The third-order valence-corrected chi connectivity index (χ3v) is 3.55. The first kappa shape index (κ1) is 16.1. The predicted molar refractivity (Wildman–Crippen MR) is 93.4 cm³/mol. The van der Waals surface area contributed by atoms with Gasteiger partial charge >= 0.3 is 0 Å². The van der Waals surface area contributed by atoms with Gasteiger partial charge in [-0.05, 0) is 42.2 Å². The zero-order valence-electron chi connectivity index (χ0n) is 13.5. The molecule has 0 saturated carbocycles. The van der Waals surface area contributed by atoms with E-state index in [2.05, 4.69) is 36.6 Å². The van der Waals surface area contributed by atoms with Crippen molar-refractivity contribution in [2.45, 2.75) is 33.1 Å². The van der Waals surface area contributed by atoms with E-state index in [1.165, 1.54) is 5.56 Å². The second kappa shape index (κ2) is 7.64. The van der Waals surface area contributed by atoms with Crippen LogP contribution in [0.4, 0.5) is 11.4 Å². The summed E-state index contributed by atoms with van der Waals surface area (Å²) >= 11 is 0. The number of nitrogens with one attached hydrogen (secondary N) is 2. The summed E-state index contributed by atoms with van der Waals surface area (Å²) in [6.45, 7) is 6.98. The molecule has 0 aliphatic rings. The fourth-order valence-corrected chi connectivity index (χ4v) is 2.42. The van der Waals surface area contributed by atoms with Crippen LogP contribution in [-0.4, -0.2) is 12.5 Å². The number of hydrogen-bond donors (Lipinski definition) is 2. The van der Waals surface area contributed by atoms with Crippen molar-refractivity contribution in [1.82, 2.24) is 0 Å². The van der Waals surface area contributed by atoms with Crippen molar-refractivity contribution in [1.29, 1.82) is 0 Å². The molecule has 0 aliphatic heterocycles. The van der Waals surface area contributed by atoms with Gasteiger partial charge < -0.3 is 10.6 Å². The van der Waals surface area contributed by atoms with E-state index >= 15 is 0 Å². The maximum atomic E-state index is 12.0. The third kappa shape index (κ3) is 4.62. The van der Waals surface area contributed by atoms with Gasteiger partial charge in [0.15, 0.2) is 0 Å². The van der Waals surface area contributed by atoms with E-state index in [0.717, 1.165) is 16.9 Å². The van der Waals surface area contributed by atoms with Crippen molar-refractivity contribution < 1.29 is 4.79 Å². The standard InChI is InChI=1S/C19H24N2O/c1-14(2)17-9-4-5-10-18(17)20-12-11-19(22)21-16-8-6-7-15(3)13-16/h4-10,13-14,20H,11-12H2,1-3H3,(H,21,22). The Morgan fingerprint density at radius 2 is 1.86 bits per heavy atom. The average molecular weight is 296 g/mol. The van der Waals surface area contributed by atoms with Crippen LogP contribution >= 0.6 is 0 Å². The summed E-state index contributed by atoms with van der Waals surface area (Å²) in [5.41, 5.74) is 4.39. The van der Waals surface area contributed by atoms with Crippen LogP contribution < -0.4 is 10.6 Å². The molecule has 0 aliphatic carbocycles. The van der Waals surface area contributed by atoms with Crippen molar-refractivity contribution in [3.05, 3.63) is 59.7 Å². The first-order chi connectivity index (χ1) is 10.6. The lowest BCUT2D eigenvalue weighted by atomic mass is 10.0. The molecular formula is C19H24N2O. The number of para-hydroxylation sites is 1. The highest BCUT2D eigenvalue weighted by atomic mass is 16.1. The van der Waals surface area contributed by atoms with Crippen LogP contribution in [0.2, 0.25) is 0 Å². The summed E-state index contributed by atoms with van der Waals surface area (Å²) < 4.78 is 0. The van der Waals surface area contributed by atoms with E-state index in [0.29, 0.717) is 18.9 Å². The van der Waals surface area contributed by atoms with Gasteiger partial charge in [0.25, 0.3) is 0 Å². The molecule has 0 bridgehead atoms. The molecular weight excluding hydrogens is 272 g/mol. The summed E-state index contributed by atoms with van der Waals surface area (Å²) in [6, 6.07) is 16.1. The van der Waals surface area contributed by atoms with Crippen LogP contribution in [0.3, 0.4) is 0 Å². The first-order valence-corrected chi connectivity index (χ1v) is 7.75. The lowest BCUT2D eigenvalue weighted by Crippen LogP contribution is -2.16. The van der Waals surface area contributed by atoms with E-state index in [-0.39, 0.29) is 5.91 Å². The molecule has 0 unspecified atom stereocenters. The number of aryl methyl sites for hydroxylation is 1. The maximum absolute atomic E-state index is 12.0. The number of hydrogen-bond acceptors (Lipinski definition) is 2. The Labute approximate surface area is 132 Å².